The third-order valence-electron chi connectivity index (χ3n) is 23.9. The Morgan fingerprint density at radius 1 is 0.625 bits per heavy atom. The summed E-state index contributed by atoms with van der Waals surface area (Å²) in [6.45, 7) is 5.18. The van der Waals surface area contributed by atoms with Gasteiger partial charge in [0.15, 0.2) is 23.9 Å². The van der Waals surface area contributed by atoms with Gasteiger partial charge in [-0.15, -0.1) is 0 Å². The number of unbranched alkanes of at least 4 members (excludes halogenated alkanes) is 1. The maximum absolute atomic E-state index is 16.6. The number of phenolic OH excluding ortho intramolecular Hbond substituents is 3. The number of fused-ring (bicyclic) bond motifs is 15. The van der Waals surface area contributed by atoms with Gasteiger partial charge < -0.3 is 123 Å². The van der Waals surface area contributed by atoms with Gasteiger partial charge in [0.1, 0.15) is 89.4 Å². The van der Waals surface area contributed by atoms with Gasteiger partial charge in [-0.3, -0.25) is 43.3 Å². The second kappa shape index (κ2) is 44.6. The topological polar surface area (TPSA) is 554 Å². The molecule has 20 N–H and O–H groups in total. The minimum atomic E-state index is -2.39. The first kappa shape index (κ1) is 101. The van der Waals surface area contributed by atoms with E-state index in [0.29, 0.717) is 22.9 Å². The fraction of sp³-hybridized carbons (Fsp3) is 0.354. The maximum atomic E-state index is 16.6. The van der Waals surface area contributed by atoms with Crippen LogP contribution in [0.4, 0.5) is 0 Å². The number of carbonyl (C=O) groups is 8. The summed E-state index contributed by atoms with van der Waals surface area (Å²) < 4.78 is 40.1. The van der Waals surface area contributed by atoms with E-state index in [1.165, 1.54) is 24.3 Å². The van der Waals surface area contributed by atoms with E-state index < -0.39 is 232 Å². The smallest absolute Gasteiger partial charge is 0.248 e. The van der Waals surface area contributed by atoms with Gasteiger partial charge >= 0.3 is 0 Å². The fourth-order valence-electron chi connectivity index (χ4n) is 16.7. The summed E-state index contributed by atoms with van der Waals surface area (Å²) >= 11 is 27.0. The van der Waals surface area contributed by atoms with Gasteiger partial charge in [-0.2, -0.15) is 0 Å². The average molecular weight is 1950 g/mol. The first-order chi connectivity index (χ1) is 64.6. The van der Waals surface area contributed by atoms with Crippen LogP contribution in [0.3, 0.4) is 0 Å². The number of nitrogens with two attached hydrogens (primary N) is 2. The Kier molecular flexibility index (Phi) is 33.1. The van der Waals surface area contributed by atoms with E-state index in [1.807, 2.05) is 86.6 Å². The quantitative estimate of drug-likeness (QED) is 0.0109. The van der Waals surface area contributed by atoms with E-state index >= 15 is 28.8 Å². The van der Waals surface area contributed by atoms with Crippen LogP contribution in [-0.2, 0) is 65.7 Å². The number of amides is 8. The molecule has 18 atom stereocenters. The van der Waals surface area contributed by atoms with Crippen molar-refractivity contribution in [2.45, 2.75) is 183 Å². The van der Waals surface area contributed by atoms with Crippen LogP contribution in [-0.4, -0.2) is 199 Å². The zero-order valence-electron chi connectivity index (χ0n) is 73.0. The Hall–Kier alpha value is -12.4. The molecule has 0 aromatic heterocycles. The standard InChI is InChI=1S/C95H100Cl4N14O22.CH4/c1-44(2)31-65(113(4)43-47-9-13-49(14-10-47)51-17-24-57(97)25-18-51)89(124)110-79-82(119)53-20-27-68(61(98)33-53)131-70-35-55-36-71(86(70)135-95-87(85(122)84(121)72(133-95)42-105-112-102)134-74-40-63(81(118)45(3)130-74)104-41-46-7-11-48(12-8-46)50-15-22-56(96)23-16-50)132-69-28-21-54(34-62(69)99)83(120)80-94(129)109-78(90(125)103-30-6-5-29-100)60-37-58(114)38-67(116)75(60)59-32-52(19-26-66(59)115)76(91(126)111-80)108-92(127)77(55)107-88(123)64(39-73(101)117)106-93(79)128;/h7-28,32-38,44-45,63-65,72,74,76-85,87,95,104,114-116,118-122H,5-6,29-31,39-43,100H2,1-4H3,(H2,101,117)(H,103,125)(H,106,128)(H,107,123)(H,108,127)(H,109,129)(H,110,124)(H,111,126);1H4/t45?,63?,64-,65+,72?,74?,76?,77+,78+,79+,80-,81?,82+,83+,84?,85?,87?,95?;/m0./s1. The summed E-state index contributed by atoms with van der Waals surface area (Å²) in [6, 6.07) is 29.1. The van der Waals surface area contributed by atoms with Gasteiger partial charge in [0, 0.05) is 64.2 Å². The van der Waals surface area contributed by atoms with Crippen LogP contribution in [0, 0.1) is 5.92 Å². The number of hydrogen-bond donors (Lipinski definition) is 18. The lowest BCUT2D eigenvalue weighted by molar-refractivity contribution is -0.327. The molecule has 9 aromatic rings. The Morgan fingerprint density at radius 2 is 1.20 bits per heavy atom. The number of azide groups is 1. The molecule has 40 heteroatoms. The first-order valence-corrected chi connectivity index (χ1v) is 44.9. The number of ether oxygens (including phenoxy) is 6. The molecule has 11 bridgehead atoms. The van der Waals surface area contributed by atoms with Crippen LogP contribution in [0.15, 0.2) is 181 Å². The number of primary amides is 1. The average Bonchev–Trinajstić information content (AvgIpc) is 0.764. The third-order valence-corrected chi connectivity index (χ3v) is 25.0. The van der Waals surface area contributed by atoms with Gasteiger partial charge in [-0.25, -0.2) is 0 Å². The van der Waals surface area contributed by atoms with Crippen molar-refractivity contribution in [2.75, 3.05) is 26.7 Å². The molecule has 7 aliphatic heterocycles. The molecule has 7 heterocycles. The van der Waals surface area contributed by atoms with Gasteiger partial charge in [-0.1, -0.05) is 164 Å². The van der Waals surface area contributed by atoms with Gasteiger partial charge in [0.25, 0.3) is 0 Å². The van der Waals surface area contributed by atoms with Crippen molar-refractivity contribution in [3.63, 3.8) is 0 Å². The monoisotopic (exact) mass is 1940 g/mol. The SMILES string of the molecule is C.CC(C)C[C@H](C(=O)N[C@H]1C(=O)N[C@@H](CC(N)=O)C(=O)N[C@H]2C(=O)NC3C(=O)N[C@H](C(=O)N[C@@H](C(=O)NCCCCN)c4cc(O)cc(O)c4-c4cc3ccc4O)[C@H](O)c3ccc(c(Cl)c3)Oc3cc2cc(c3OC2OC(CN=[N+]=[N-])C(O)C(O)C2OC2CC(NCc3ccc(-c4ccc(Cl)cc4)cc3)C(O)C(C)O2)Oc2ccc(cc2Cl)[C@H]1O)N(C)Cc1ccc(-c2ccc(Cl)cc2)cc1. The van der Waals surface area contributed by atoms with E-state index in [4.69, 9.17) is 86.3 Å². The van der Waals surface area contributed by atoms with E-state index in [-0.39, 0.29) is 85.4 Å². The third kappa shape index (κ3) is 23.6. The molecule has 2 saturated heterocycles. The summed E-state index contributed by atoms with van der Waals surface area (Å²) in [7, 11) is 1.68. The summed E-state index contributed by atoms with van der Waals surface area (Å²) in [6.07, 6.45) is -18.0. The Balaban J connectivity index is 0.0000156. The molecule has 36 nitrogen and oxygen atoms in total. The van der Waals surface area contributed by atoms with Gasteiger partial charge in [0.2, 0.25) is 59.3 Å². The van der Waals surface area contributed by atoms with Crippen LogP contribution < -0.4 is 68.2 Å². The van der Waals surface area contributed by atoms with Crippen LogP contribution in [0.25, 0.3) is 43.8 Å². The Labute approximate surface area is 801 Å². The lowest BCUT2D eigenvalue weighted by Gasteiger charge is -2.45. The predicted molar refractivity (Wildman–Crippen MR) is 501 cm³/mol. The number of nitrogens with zero attached hydrogens (tertiary/aromatic N) is 4. The first-order valence-electron chi connectivity index (χ1n) is 43.4. The number of likely N-dealkylation sites (N-methyl/N-ethyl adjacent to an activating group) is 1. The van der Waals surface area contributed by atoms with Crippen molar-refractivity contribution in [3.8, 4) is 79.4 Å². The van der Waals surface area contributed by atoms with E-state index in [2.05, 4.69) is 52.6 Å². The zero-order chi connectivity index (χ0) is 96.5. The summed E-state index contributed by atoms with van der Waals surface area (Å²) in [4.78, 5) is 128. The zero-order valence-corrected chi connectivity index (χ0v) is 76.1. The lowest BCUT2D eigenvalue weighted by atomic mass is 9.89. The van der Waals surface area contributed by atoms with E-state index in [9.17, 15) is 56.0 Å². The number of aromatic hydroxyl groups is 3. The molecular weight excluding hydrogens is 1840 g/mol. The molecule has 7 aliphatic rings. The second-order valence-electron chi connectivity index (χ2n) is 33.9. The molecule has 0 radical (unpaired) electrons. The van der Waals surface area contributed by atoms with E-state index in [1.54, 1.807) is 43.1 Å². The van der Waals surface area contributed by atoms with Crippen molar-refractivity contribution in [2.24, 2.45) is 22.5 Å². The highest BCUT2D eigenvalue weighted by Crippen LogP contribution is 2.50. The lowest BCUT2D eigenvalue weighted by Crippen LogP contribution is -2.62. The minimum Gasteiger partial charge on any atom is -0.508 e. The maximum Gasteiger partial charge on any atom is 0.248 e. The Bertz CT molecular complexity index is 5950. The van der Waals surface area contributed by atoms with Crippen molar-refractivity contribution in [3.05, 3.63) is 245 Å². The highest BCUT2D eigenvalue weighted by molar-refractivity contribution is 6.32. The molecule has 0 saturated carbocycles. The second-order valence-corrected chi connectivity index (χ2v) is 35.6. The van der Waals surface area contributed by atoms with Crippen molar-refractivity contribution in [1.82, 2.24) is 47.4 Å². The molecule has 10 unspecified atom stereocenters. The van der Waals surface area contributed by atoms with Crippen LogP contribution >= 0.6 is 46.4 Å². The van der Waals surface area contributed by atoms with Crippen molar-refractivity contribution in [1.29, 1.82) is 0 Å². The summed E-state index contributed by atoms with van der Waals surface area (Å²) in [5.41, 5.74) is 24.2. The molecule has 9 aromatic carbocycles. The molecule has 718 valence electrons. The number of aliphatic hydroxyl groups is 5. The highest BCUT2D eigenvalue weighted by atomic mass is 35.5. The number of carbonyl (C=O) groups excluding carboxylic acids is 8. The van der Waals surface area contributed by atoms with Crippen LogP contribution in [0.5, 0.6) is 46.0 Å². The number of aliphatic hydroxyl groups excluding tert-OH is 5. The number of phenols is 3. The largest absolute Gasteiger partial charge is 0.508 e. The predicted octanol–water partition coefficient (Wildman–Crippen LogP) is 9.83. The summed E-state index contributed by atoms with van der Waals surface area (Å²) in [5, 5.41) is 123. The molecule has 0 spiro atoms. The van der Waals surface area contributed by atoms with Gasteiger partial charge in [-0.05, 0) is 191 Å². The number of halogens is 4. The van der Waals surface area contributed by atoms with Gasteiger partial charge in [0.05, 0.1) is 47.4 Å². The molecule has 8 amide bonds. The number of rotatable bonds is 25. The molecule has 0 aliphatic carbocycles. The molecule has 2 fully saturated rings. The Morgan fingerprint density at radius 3 is 1.79 bits per heavy atom. The van der Waals surface area contributed by atoms with E-state index in [0.717, 1.165) is 88.0 Å². The molecule has 16 rings (SSSR count). The molecular formula is C96H104Cl4N14O22. The van der Waals surface area contributed by atoms with Crippen LogP contribution in [0.2, 0.25) is 20.1 Å². The minimum absolute atomic E-state index is 0. The van der Waals surface area contributed by atoms with Crippen molar-refractivity contribution >= 4 is 93.7 Å². The highest BCUT2D eigenvalue weighted by Gasteiger charge is 2.51. The van der Waals surface area contributed by atoms with Crippen molar-refractivity contribution < 1.29 is 108 Å². The fourth-order valence-corrected chi connectivity index (χ4v) is 17.4. The normalized spacial score (nSPS) is 24.1. The summed E-state index contributed by atoms with van der Waals surface area (Å²) in [5.74, 6) is -14.9. The van der Waals surface area contributed by atoms with Crippen LogP contribution in [0.1, 0.15) is 130 Å². The number of hydrogen-bond acceptors (Lipinski definition) is 26. The number of nitrogens with one attached hydrogen (secondary N) is 8. The number of benzene rings is 9. The molecule has 136 heavy (non-hydrogen) atoms.